The number of hydrogen-bond acceptors (Lipinski definition) is 3. The summed E-state index contributed by atoms with van der Waals surface area (Å²) in [6.07, 6.45) is 5.81. The number of nitrogens with zero attached hydrogens (tertiary/aromatic N) is 3. The Morgan fingerprint density at radius 3 is 2.76 bits per heavy atom. The predicted octanol–water partition coefficient (Wildman–Crippen LogP) is 2.28. The third-order valence-corrected chi connectivity index (χ3v) is 4.72. The van der Waals surface area contributed by atoms with Gasteiger partial charge in [0, 0.05) is 11.7 Å². The number of anilines is 1. The molecule has 0 bridgehead atoms. The molecule has 21 heavy (non-hydrogen) atoms. The minimum absolute atomic E-state index is 0.111. The van der Waals surface area contributed by atoms with E-state index in [0.29, 0.717) is 12.2 Å². The Labute approximate surface area is 123 Å². The van der Waals surface area contributed by atoms with E-state index in [0.717, 1.165) is 37.8 Å². The largest absolute Gasteiger partial charge is 0.333 e. The summed E-state index contributed by atoms with van der Waals surface area (Å²) in [5.74, 6) is 0.395. The molecule has 110 valence electrons. The van der Waals surface area contributed by atoms with Gasteiger partial charge < -0.3 is 4.90 Å². The highest BCUT2D eigenvalue weighted by Gasteiger charge is 2.51. The van der Waals surface area contributed by atoms with E-state index in [1.54, 1.807) is 4.90 Å². The molecule has 0 aromatic carbocycles. The molecule has 1 aromatic rings. The van der Waals surface area contributed by atoms with Gasteiger partial charge in [0.1, 0.15) is 11.9 Å². The fourth-order valence-electron chi connectivity index (χ4n) is 3.49. The molecular formula is C16H19N3O2. The van der Waals surface area contributed by atoms with Crippen LogP contribution in [-0.2, 0) is 17.6 Å². The molecule has 2 fully saturated rings. The molecule has 0 radical (unpaired) electrons. The lowest BCUT2D eigenvalue weighted by atomic mass is 10.2. The lowest BCUT2D eigenvalue weighted by Gasteiger charge is -2.19. The van der Waals surface area contributed by atoms with Crippen molar-refractivity contribution in [3.63, 3.8) is 0 Å². The van der Waals surface area contributed by atoms with Crippen LogP contribution in [0.3, 0.4) is 0 Å². The first-order valence-electron chi connectivity index (χ1n) is 7.85. The van der Waals surface area contributed by atoms with Gasteiger partial charge in [0.15, 0.2) is 0 Å². The number of aryl methyl sites for hydroxylation is 2. The lowest BCUT2D eigenvalue weighted by molar-refractivity contribution is -0.119. The molecule has 0 spiro atoms. The molecule has 5 heteroatoms. The number of carbonyl (C=O) groups excluding carboxylic acids is 2. The fraction of sp³-hybridized carbons (Fsp3) is 0.562. The number of imide groups is 1. The number of amides is 3. The summed E-state index contributed by atoms with van der Waals surface area (Å²) in [4.78, 5) is 32.9. The average molecular weight is 285 g/mol. The van der Waals surface area contributed by atoms with Crippen molar-refractivity contribution in [1.82, 2.24) is 9.88 Å². The first-order valence-corrected chi connectivity index (χ1v) is 7.85. The second-order valence-corrected chi connectivity index (χ2v) is 6.15. The number of rotatable bonds is 3. The van der Waals surface area contributed by atoms with Crippen molar-refractivity contribution in [2.45, 2.75) is 57.5 Å². The zero-order valence-corrected chi connectivity index (χ0v) is 12.2. The summed E-state index contributed by atoms with van der Waals surface area (Å²) in [6.45, 7) is 1.96. The number of fused-ring (bicyclic) bond motifs is 1. The third-order valence-electron chi connectivity index (χ3n) is 4.72. The van der Waals surface area contributed by atoms with Gasteiger partial charge in [-0.15, -0.1) is 0 Å². The van der Waals surface area contributed by atoms with E-state index in [-0.39, 0.29) is 24.0 Å². The maximum atomic E-state index is 12.7. The van der Waals surface area contributed by atoms with E-state index in [1.165, 1.54) is 10.5 Å². The van der Waals surface area contributed by atoms with Gasteiger partial charge in [-0.2, -0.15) is 0 Å². The monoisotopic (exact) mass is 285 g/mol. The number of hydrogen-bond donors (Lipinski definition) is 0. The standard InChI is InChI=1S/C16H19N3O2/c1-2-13-15(20)19(16(21)18(13)11-7-8-11)14-9-6-10-4-3-5-12(10)17-14/h6,9,11,13H,2-5,7-8H2,1H3. The molecule has 1 aromatic heterocycles. The molecule has 4 rings (SSSR count). The van der Waals surface area contributed by atoms with E-state index in [1.807, 2.05) is 19.1 Å². The van der Waals surface area contributed by atoms with Crippen LogP contribution in [0.1, 0.15) is 43.9 Å². The third kappa shape index (κ3) is 1.87. The van der Waals surface area contributed by atoms with Crippen LogP contribution < -0.4 is 4.90 Å². The number of pyridine rings is 1. The van der Waals surface area contributed by atoms with E-state index < -0.39 is 0 Å². The van der Waals surface area contributed by atoms with Gasteiger partial charge in [-0.05, 0) is 50.2 Å². The summed E-state index contributed by atoms with van der Waals surface area (Å²) in [5.41, 5.74) is 2.30. The summed E-state index contributed by atoms with van der Waals surface area (Å²) in [6, 6.07) is 3.61. The minimum atomic E-state index is -0.306. The van der Waals surface area contributed by atoms with Crippen molar-refractivity contribution in [3.8, 4) is 0 Å². The molecule has 2 aliphatic carbocycles. The van der Waals surface area contributed by atoms with Crippen LogP contribution in [-0.4, -0.2) is 33.9 Å². The molecule has 1 saturated carbocycles. The van der Waals surface area contributed by atoms with Gasteiger partial charge in [0.25, 0.3) is 5.91 Å². The van der Waals surface area contributed by atoms with Gasteiger partial charge >= 0.3 is 6.03 Å². The van der Waals surface area contributed by atoms with Crippen molar-refractivity contribution >= 4 is 17.8 Å². The SMILES string of the molecule is CCC1C(=O)N(c2ccc3c(n2)CCC3)C(=O)N1C1CC1. The van der Waals surface area contributed by atoms with Crippen LogP contribution in [0.5, 0.6) is 0 Å². The van der Waals surface area contributed by atoms with Gasteiger partial charge in [0.05, 0.1) is 0 Å². The highest BCUT2D eigenvalue weighted by atomic mass is 16.2. The zero-order valence-electron chi connectivity index (χ0n) is 12.2. The highest BCUT2D eigenvalue weighted by molar-refractivity contribution is 6.21. The fourth-order valence-corrected chi connectivity index (χ4v) is 3.49. The molecule has 1 unspecified atom stereocenters. The second kappa shape index (κ2) is 4.55. The Balaban J connectivity index is 1.71. The van der Waals surface area contributed by atoms with Crippen molar-refractivity contribution in [2.24, 2.45) is 0 Å². The topological polar surface area (TPSA) is 53.5 Å². The van der Waals surface area contributed by atoms with Gasteiger partial charge in [0.2, 0.25) is 0 Å². The van der Waals surface area contributed by atoms with E-state index in [4.69, 9.17) is 0 Å². The lowest BCUT2D eigenvalue weighted by Crippen LogP contribution is -2.36. The summed E-state index contributed by atoms with van der Waals surface area (Å²) >= 11 is 0. The van der Waals surface area contributed by atoms with Crippen molar-refractivity contribution in [2.75, 3.05) is 4.90 Å². The molecule has 3 amide bonds. The summed E-state index contributed by atoms with van der Waals surface area (Å²) < 4.78 is 0. The first-order chi connectivity index (χ1) is 10.2. The van der Waals surface area contributed by atoms with Crippen LogP contribution in [0.15, 0.2) is 12.1 Å². The summed E-state index contributed by atoms with van der Waals surface area (Å²) in [5, 5.41) is 0. The number of carbonyl (C=O) groups is 2. The smallest absolute Gasteiger partial charge is 0.309 e. The normalized spacial score (nSPS) is 24.9. The minimum Gasteiger partial charge on any atom is -0.309 e. The molecule has 5 nitrogen and oxygen atoms in total. The van der Waals surface area contributed by atoms with E-state index >= 15 is 0 Å². The molecule has 3 aliphatic rings. The van der Waals surface area contributed by atoms with Crippen molar-refractivity contribution < 1.29 is 9.59 Å². The van der Waals surface area contributed by atoms with Crippen LogP contribution in [0.25, 0.3) is 0 Å². The Kier molecular flexibility index (Phi) is 2.77. The van der Waals surface area contributed by atoms with Crippen LogP contribution in [0.4, 0.5) is 10.6 Å². The predicted molar refractivity (Wildman–Crippen MR) is 78.1 cm³/mol. The second-order valence-electron chi connectivity index (χ2n) is 6.15. The van der Waals surface area contributed by atoms with Crippen molar-refractivity contribution in [1.29, 1.82) is 0 Å². The quantitative estimate of drug-likeness (QED) is 0.801. The van der Waals surface area contributed by atoms with Crippen LogP contribution in [0, 0.1) is 0 Å². The first kappa shape index (κ1) is 12.8. The maximum absolute atomic E-state index is 12.7. The number of urea groups is 1. The molecule has 0 N–H and O–H groups in total. The van der Waals surface area contributed by atoms with Crippen LogP contribution in [0.2, 0.25) is 0 Å². The summed E-state index contributed by atoms with van der Waals surface area (Å²) in [7, 11) is 0. The Bertz CT molecular complexity index is 624. The maximum Gasteiger partial charge on any atom is 0.333 e. The number of aromatic nitrogens is 1. The Morgan fingerprint density at radius 1 is 1.24 bits per heavy atom. The molecular weight excluding hydrogens is 266 g/mol. The Morgan fingerprint density at radius 2 is 2.05 bits per heavy atom. The van der Waals surface area contributed by atoms with Gasteiger partial charge in [-0.1, -0.05) is 13.0 Å². The van der Waals surface area contributed by atoms with Gasteiger partial charge in [-0.3, -0.25) is 4.79 Å². The molecule has 1 aliphatic heterocycles. The van der Waals surface area contributed by atoms with Crippen molar-refractivity contribution in [3.05, 3.63) is 23.4 Å². The molecule has 1 saturated heterocycles. The van der Waals surface area contributed by atoms with E-state index in [2.05, 4.69) is 4.98 Å². The van der Waals surface area contributed by atoms with Gasteiger partial charge in [-0.25, -0.2) is 14.7 Å². The molecule has 2 heterocycles. The van der Waals surface area contributed by atoms with Crippen LogP contribution >= 0.6 is 0 Å². The average Bonchev–Trinajstić information content (AvgIpc) is 3.14. The zero-order chi connectivity index (χ0) is 14.6. The highest BCUT2D eigenvalue weighted by Crippen LogP contribution is 2.36. The molecule has 1 atom stereocenters. The Hall–Kier alpha value is -1.91. The van der Waals surface area contributed by atoms with E-state index in [9.17, 15) is 9.59 Å².